The first-order chi connectivity index (χ1) is 10.2. The molecule has 1 heterocycles. The van der Waals surface area contributed by atoms with Crippen LogP contribution >= 0.6 is 15.9 Å². The molecule has 0 bridgehead atoms. The van der Waals surface area contributed by atoms with Crippen LogP contribution < -0.4 is 0 Å². The molecule has 0 saturated heterocycles. The van der Waals surface area contributed by atoms with Crippen LogP contribution in [0, 0.1) is 11.8 Å². The molecule has 0 aliphatic heterocycles. The number of nitrogens with zero attached hydrogens (tertiary/aromatic N) is 2. The van der Waals surface area contributed by atoms with Crippen molar-refractivity contribution in [3.8, 4) is 11.8 Å². The maximum atomic E-state index is 9.82. The summed E-state index contributed by atoms with van der Waals surface area (Å²) in [7, 11) is 0. The zero-order valence-electron chi connectivity index (χ0n) is 11.3. The third kappa shape index (κ3) is 3.82. The maximum Gasteiger partial charge on any atom is 0.142 e. The smallest absolute Gasteiger partial charge is 0.142 e. The van der Waals surface area contributed by atoms with E-state index in [1.807, 2.05) is 24.3 Å². The van der Waals surface area contributed by atoms with E-state index in [0.717, 1.165) is 10.0 Å². The van der Waals surface area contributed by atoms with E-state index in [1.165, 1.54) is 6.08 Å². The van der Waals surface area contributed by atoms with Crippen LogP contribution in [0.25, 0.3) is 0 Å². The molecule has 108 valence electrons. The Labute approximate surface area is 131 Å². The number of imidazole rings is 1. The van der Waals surface area contributed by atoms with Crippen molar-refractivity contribution in [1.29, 1.82) is 0 Å². The molecule has 0 unspecified atom stereocenters. The lowest BCUT2D eigenvalue weighted by molar-refractivity contribution is 0.201. The molecule has 5 heteroatoms. The normalized spacial score (nSPS) is 13.1. The minimum absolute atomic E-state index is 0.170. The molecule has 0 amide bonds. The van der Waals surface area contributed by atoms with Gasteiger partial charge >= 0.3 is 0 Å². The fraction of sp³-hybridized carbons (Fsp3) is 0.188. The van der Waals surface area contributed by atoms with Gasteiger partial charge in [-0.15, -0.1) is 6.58 Å². The Morgan fingerprint density at radius 1 is 1.38 bits per heavy atom. The molecule has 2 atom stereocenters. The lowest BCUT2D eigenvalue weighted by Crippen LogP contribution is -2.15. The molecule has 2 N–H and O–H groups in total. The number of rotatable bonds is 4. The third-order valence-corrected chi connectivity index (χ3v) is 3.45. The van der Waals surface area contributed by atoms with Crippen molar-refractivity contribution < 1.29 is 10.2 Å². The monoisotopic (exact) mass is 346 g/mol. The first-order valence-electron chi connectivity index (χ1n) is 6.37. The summed E-state index contributed by atoms with van der Waals surface area (Å²) in [4.78, 5) is 4.08. The third-order valence-electron chi connectivity index (χ3n) is 2.92. The van der Waals surface area contributed by atoms with Crippen LogP contribution in [0.5, 0.6) is 0 Å². The largest absolute Gasteiger partial charge is 0.393 e. The maximum absolute atomic E-state index is 9.82. The molecule has 0 aliphatic carbocycles. The van der Waals surface area contributed by atoms with Crippen molar-refractivity contribution in [2.24, 2.45) is 0 Å². The fourth-order valence-corrected chi connectivity index (χ4v) is 2.09. The van der Waals surface area contributed by atoms with Crippen molar-refractivity contribution in [2.75, 3.05) is 6.61 Å². The van der Waals surface area contributed by atoms with Crippen molar-refractivity contribution >= 4 is 15.9 Å². The van der Waals surface area contributed by atoms with Gasteiger partial charge in [0, 0.05) is 22.4 Å². The van der Waals surface area contributed by atoms with Gasteiger partial charge in [0.15, 0.2) is 0 Å². The van der Waals surface area contributed by atoms with Gasteiger partial charge in [0.25, 0.3) is 0 Å². The number of aliphatic hydroxyl groups is 2. The number of halogens is 1. The van der Waals surface area contributed by atoms with Gasteiger partial charge in [-0.2, -0.15) is 0 Å². The number of hydrogen-bond acceptors (Lipinski definition) is 3. The minimum atomic E-state index is -0.886. The number of aliphatic hydroxyl groups excluding tert-OH is 2. The molecule has 0 radical (unpaired) electrons. The molecule has 0 fully saturated rings. The van der Waals surface area contributed by atoms with Gasteiger partial charge in [-0.25, -0.2) is 4.98 Å². The van der Waals surface area contributed by atoms with Crippen molar-refractivity contribution in [3.05, 3.63) is 65.2 Å². The van der Waals surface area contributed by atoms with Gasteiger partial charge in [-0.05, 0) is 24.3 Å². The van der Waals surface area contributed by atoms with Gasteiger partial charge in [-0.1, -0.05) is 33.8 Å². The van der Waals surface area contributed by atoms with Crippen molar-refractivity contribution in [2.45, 2.75) is 12.1 Å². The number of hydrogen-bond donors (Lipinski definition) is 2. The molecule has 2 aromatic rings. The first-order valence-corrected chi connectivity index (χ1v) is 7.16. The number of aromatic nitrogens is 2. The summed E-state index contributed by atoms with van der Waals surface area (Å²) < 4.78 is 2.64. The van der Waals surface area contributed by atoms with Crippen LogP contribution in [0.2, 0.25) is 0 Å². The van der Waals surface area contributed by atoms with Gasteiger partial charge < -0.3 is 14.8 Å². The van der Waals surface area contributed by atoms with E-state index in [9.17, 15) is 10.2 Å². The van der Waals surface area contributed by atoms with E-state index in [2.05, 4.69) is 39.3 Å². The molecule has 21 heavy (non-hydrogen) atoms. The Hall–Kier alpha value is -1.87. The summed E-state index contributed by atoms with van der Waals surface area (Å²) in [5.41, 5.74) is 0.850. The Kier molecular flexibility index (Phi) is 5.34. The fourth-order valence-electron chi connectivity index (χ4n) is 1.83. The molecule has 1 aromatic carbocycles. The molecule has 1 aromatic heterocycles. The Morgan fingerprint density at radius 3 is 2.71 bits per heavy atom. The van der Waals surface area contributed by atoms with Crippen molar-refractivity contribution in [3.63, 3.8) is 0 Å². The lowest BCUT2D eigenvalue weighted by Gasteiger charge is -2.14. The SMILES string of the molecule is C=C[C@H](O)c1nccn1[C@@H](C#Cc1ccc(Br)cc1)CO. The van der Waals surface area contributed by atoms with Crippen LogP contribution in [-0.4, -0.2) is 26.4 Å². The first kappa shape index (κ1) is 15.5. The van der Waals surface area contributed by atoms with Crippen LogP contribution in [0.1, 0.15) is 23.5 Å². The van der Waals surface area contributed by atoms with Gasteiger partial charge in [-0.3, -0.25) is 0 Å². The summed E-state index contributed by atoms with van der Waals surface area (Å²) in [6.07, 6.45) is 3.74. The zero-order chi connectivity index (χ0) is 15.2. The highest BCUT2D eigenvalue weighted by Gasteiger charge is 2.15. The predicted octanol–water partition coefficient (Wildman–Crippen LogP) is 2.45. The lowest BCUT2D eigenvalue weighted by atomic mass is 10.2. The predicted molar refractivity (Wildman–Crippen MR) is 84.5 cm³/mol. The average Bonchev–Trinajstić information content (AvgIpc) is 2.98. The van der Waals surface area contributed by atoms with Crippen molar-refractivity contribution in [1.82, 2.24) is 9.55 Å². The van der Waals surface area contributed by atoms with E-state index < -0.39 is 12.1 Å². The minimum Gasteiger partial charge on any atom is -0.393 e. The van der Waals surface area contributed by atoms with Crippen LogP contribution in [0.3, 0.4) is 0 Å². The van der Waals surface area contributed by atoms with Gasteiger partial charge in [0.05, 0.1) is 6.61 Å². The Balaban J connectivity index is 2.27. The van der Waals surface area contributed by atoms with Gasteiger partial charge in [0.2, 0.25) is 0 Å². The quantitative estimate of drug-likeness (QED) is 0.660. The van der Waals surface area contributed by atoms with E-state index in [-0.39, 0.29) is 6.61 Å². The molecular formula is C16H15BrN2O2. The second kappa shape index (κ2) is 7.23. The van der Waals surface area contributed by atoms with E-state index in [1.54, 1.807) is 17.0 Å². The molecule has 0 aliphatic rings. The van der Waals surface area contributed by atoms with Crippen LogP contribution in [0.4, 0.5) is 0 Å². The second-order valence-electron chi connectivity index (χ2n) is 4.35. The summed E-state index contributed by atoms with van der Waals surface area (Å²) >= 11 is 3.37. The standard InChI is InChI=1S/C16H15BrN2O2/c1-2-15(21)16-18-9-10-19(16)14(11-20)8-5-12-3-6-13(17)7-4-12/h2-4,6-7,9-10,14-15,20-21H,1,11H2/t14-,15-/m0/s1. The van der Waals surface area contributed by atoms with Crippen LogP contribution in [0.15, 0.2) is 53.8 Å². The molecule has 2 rings (SSSR count). The van der Waals surface area contributed by atoms with Gasteiger partial charge in [0.1, 0.15) is 18.0 Å². The second-order valence-corrected chi connectivity index (χ2v) is 5.26. The topological polar surface area (TPSA) is 58.3 Å². The zero-order valence-corrected chi connectivity index (χ0v) is 12.9. The average molecular weight is 347 g/mol. The van der Waals surface area contributed by atoms with E-state index in [4.69, 9.17) is 0 Å². The Morgan fingerprint density at radius 2 is 2.10 bits per heavy atom. The number of benzene rings is 1. The highest BCUT2D eigenvalue weighted by atomic mass is 79.9. The summed E-state index contributed by atoms with van der Waals surface area (Å²) in [5, 5.41) is 19.4. The molecule has 4 nitrogen and oxygen atoms in total. The summed E-state index contributed by atoms with van der Waals surface area (Å²) in [6, 6.07) is 7.11. The molecule has 0 spiro atoms. The highest BCUT2D eigenvalue weighted by Crippen LogP contribution is 2.17. The van der Waals surface area contributed by atoms with Crippen LogP contribution in [-0.2, 0) is 0 Å². The molecular weight excluding hydrogens is 332 g/mol. The summed E-state index contributed by atoms with van der Waals surface area (Å²) in [6.45, 7) is 3.37. The summed E-state index contributed by atoms with van der Waals surface area (Å²) in [5.74, 6) is 6.41. The Bertz CT molecular complexity index is 668. The highest BCUT2D eigenvalue weighted by molar-refractivity contribution is 9.10. The molecule has 0 saturated carbocycles. The van der Waals surface area contributed by atoms with E-state index in [0.29, 0.717) is 5.82 Å². The van der Waals surface area contributed by atoms with E-state index >= 15 is 0 Å².